The molecule has 3 unspecified atom stereocenters. The maximum atomic E-state index is 5.89. The SMILES string of the molecule is CCC1C2CNCC2CN1Cc1cnc(Cl)s1. The topological polar surface area (TPSA) is 28.2 Å². The molecule has 2 saturated heterocycles. The van der Waals surface area contributed by atoms with E-state index in [1.54, 1.807) is 11.3 Å². The third-order valence-electron chi connectivity index (χ3n) is 4.13. The summed E-state index contributed by atoms with van der Waals surface area (Å²) in [6.45, 7) is 6.95. The number of aromatic nitrogens is 1. The van der Waals surface area contributed by atoms with Crippen molar-refractivity contribution in [2.24, 2.45) is 11.8 Å². The fourth-order valence-electron chi connectivity index (χ4n) is 3.41. The van der Waals surface area contributed by atoms with Crippen LogP contribution in [0.1, 0.15) is 18.2 Å². The molecule has 2 aliphatic heterocycles. The number of hydrogen-bond acceptors (Lipinski definition) is 4. The Morgan fingerprint density at radius 3 is 3.18 bits per heavy atom. The van der Waals surface area contributed by atoms with Gasteiger partial charge in [-0.15, -0.1) is 11.3 Å². The van der Waals surface area contributed by atoms with Gasteiger partial charge >= 0.3 is 0 Å². The number of hydrogen-bond donors (Lipinski definition) is 1. The molecular formula is C12H18ClN3S. The lowest BCUT2D eigenvalue weighted by Crippen LogP contribution is -2.34. The summed E-state index contributed by atoms with van der Waals surface area (Å²) in [7, 11) is 0. The van der Waals surface area contributed by atoms with Crippen molar-refractivity contribution in [1.29, 1.82) is 0 Å². The van der Waals surface area contributed by atoms with Gasteiger partial charge < -0.3 is 5.32 Å². The van der Waals surface area contributed by atoms with Gasteiger partial charge in [-0.2, -0.15) is 0 Å². The highest BCUT2D eigenvalue weighted by atomic mass is 35.5. The summed E-state index contributed by atoms with van der Waals surface area (Å²) in [4.78, 5) is 8.04. The average molecular weight is 272 g/mol. The lowest BCUT2D eigenvalue weighted by atomic mass is 9.93. The molecule has 3 nitrogen and oxygen atoms in total. The van der Waals surface area contributed by atoms with Crippen LogP contribution in [0.3, 0.4) is 0 Å². The molecule has 0 aromatic carbocycles. The highest BCUT2D eigenvalue weighted by Crippen LogP contribution is 2.35. The molecule has 0 bridgehead atoms. The first-order valence-electron chi connectivity index (χ1n) is 6.33. The van der Waals surface area contributed by atoms with E-state index in [0.717, 1.165) is 24.4 Å². The van der Waals surface area contributed by atoms with Crippen LogP contribution in [0.2, 0.25) is 4.47 Å². The average Bonchev–Trinajstić information content (AvgIpc) is 2.95. The second-order valence-electron chi connectivity index (χ2n) is 5.07. The smallest absolute Gasteiger partial charge is 0.183 e. The molecule has 2 fully saturated rings. The van der Waals surface area contributed by atoms with Crippen LogP contribution in [0.5, 0.6) is 0 Å². The predicted octanol–water partition coefficient (Wildman–Crippen LogP) is 2.23. The van der Waals surface area contributed by atoms with E-state index in [4.69, 9.17) is 11.6 Å². The molecule has 3 rings (SSSR count). The summed E-state index contributed by atoms with van der Waals surface area (Å²) in [6, 6.07) is 0.732. The van der Waals surface area contributed by atoms with Crippen molar-refractivity contribution < 1.29 is 0 Å². The number of rotatable bonds is 3. The van der Waals surface area contributed by atoms with Crippen molar-refractivity contribution in [1.82, 2.24) is 15.2 Å². The summed E-state index contributed by atoms with van der Waals surface area (Å²) in [5.41, 5.74) is 0. The number of nitrogens with one attached hydrogen (secondary N) is 1. The Morgan fingerprint density at radius 2 is 2.47 bits per heavy atom. The third kappa shape index (κ3) is 2.24. The van der Waals surface area contributed by atoms with Gasteiger partial charge in [-0.1, -0.05) is 18.5 Å². The predicted molar refractivity (Wildman–Crippen MR) is 71.5 cm³/mol. The van der Waals surface area contributed by atoms with Gasteiger partial charge in [0.15, 0.2) is 4.47 Å². The van der Waals surface area contributed by atoms with Crippen molar-refractivity contribution in [2.75, 3.05) is 19.6 Å². The summed E-state index contributed by atoms with van der Waals surface area (Å²) >= 11 is 7.50. The van der Waals surface area contributed by atoms with Gasteiger partial charge in [0, 0.05) is 30.2 Å². The van der Waals surface area contributed by atoms with Crippen LogP contribution in [0.15, 0.2) is 6.20 Å². The minimum absolute atomic E-state index is 0.661. The van der Waals surface area contributed by atoms with Crippen molar-refractivity contribution in [2.45, 2.75) is 25.9 Å². The maximum absolute atomic E-state index is 5.89. The van der Waals surface area contributed by atoms with E-state index in [2.05, 4.69) is 22.1 Å². The number of fused-ring (bicyclic) bond motifs is 1. The van der Waals surface area contributed by atoms with Crippen LogP contribution in [-0.4, -0.2) is 35.6 Å². The summed E-state index contributed by atoms with van der Waals surface area (Å²) < 4.78 is 0.661. The molecule has 2 aliphatic rings. The lowest BCUT2D eigenvalue weighted by Gasteiger charge is -2.26. The van der Waals surface area contributed by atoms with Crippen molar-refractivity contribution in [3.63, 3.8) is 0 Å². The van der Waals surface area contributed by atoms with E-state index in [9.17, 15) is 0 Å². The molecule has 5 heteroatoms. The monoisotopic (exact) mass is 271 g/mol. The van der Waals surface area contributed by atoms with Gasteiger partial charge in [-0.25, -0.2) is 4.98 Å². The molecule has 1 N–H and O–H groups in total. The zero-order valence-corrected chi connectivity index (χ0v) is 11.6. The summed E-state index contributed by atoms with van der Waals surface area (Å²) in [5, 5.41) is 3.52. The quantitative estimate of drug-likeness (QED) is 0.914. The molecule has 0 aliphatic carbocycles. The van der Waals surface area contributed by atoms with Crippen LogP contribution in [0.25, 0.3) is 0 Å². The van der Waals surface area contributed by atoms with E-state index in [-0.39, 0.29) is 0 Å². The Labute approximate surface area is 111 Å². The fourth-order valence-corrected chi connectivity index (χ4v) is 4.41. The number of nitrogens with zero attached hydrogens (tertiary/aromatic N) is 2. The van der Waals surface area contributed by atoms with Crippen molar-refractivity contribution in [3.05, 3.63) is 15.5 Å². The van der Waals surface area contributed by atoms with E-state index < -0.39 is 0 Å². The molecule has 0 amide bonds. The summed E-state index contributed by atoms with van der Waals surface area (Å²) in [5.74, 6) is 1.70. The first-order valence-corrected chi connectivity index (χ1v) is 7.52. The zero-order valence-electron chi connectivity index (χ0n) is 10.0. The van der Waals surface area contributed by atoms with Gasteiger partial charge in [0.1, 0.15) is 0 Å². The van der Waals surface area contributed by atoms with E-state index >= 15 is 0 Å². The van der Waals surface area contributed by atoms with Crippen LogP contribution >= 0.6 is 22.9 Å². The maximum Gasteiger partial charge on any atom is 0.183 e. The molecule has 1 aromatic rings. The highest BCUT2D eigenvalue weighted by Gasteiger charge is 2.42. The van der Waals surface area contributed by atoms with Gasteiger partial charge in [0.25, 0.3) is 0 Å². The third-order valence-corrected chi connectivity index (χ3v) is 5.23. The standard InChI is InChI=1S/C12H18ClN3S/c1-2-11-10-5-14-3-8(10)6-16(11)7-9-4-15-12(13)17-9/h4,8,10-11,14H,2-3,5-7H2,1H3. The fraction of sp³-hybridized carbons (Fsp3) is 0.750. The van der Waals surface area contributed by atoms with E-state index in [0.29, 0.717) is 4.47 Å². The number of halogens is 1. The second-order valence-corrected chi connectivity index (χ2v) is 6.76. The van der Waals surface area contributed by atoms with Gasteiger partial charge in [-0.05, 0) is 31.3 Å². The number of likely N-dealkylation sites (tertiary alicyclic amines) is 1. The largest absolute Gasteiger partial charge is 0.316 e. The lowest BCUT2D eigenvalue weighted by molar-refractivity contribution is 0.212. The van der Waals surface area contributed by atoms with Crippen LogP contribution < -0.4 is 5.32 Å². The highest BCUT2D eigenvalue weighted by molar-refractivity contribution is 7.15. The Bertz CT molecular complexity index is 395. The minimum atomic E-state index is 0.661. The van der Waals surface area contributed by atoms with E-state index in [1.807, 2.05) is 6.20 Å². The molecule has 0 saturated carbocycles. The molecule has 1 aromatic heterocycles. The van der Waals surface area contributed by atoms with E-state index in [1.165, 1.54) is 30.9 Å². The normalized spacial score (nSPS) is 33.2. The van der Waals surface area contributed by atoms with Crippen LogP contribution in [0.4, 0.5) is 0 Å². The van der Waals surface area contributed by atoms with Crippen molar-refractivity contribution in [3.8, 4) is 0 Å². The summed E-state index contributed by atoms with van der Waals surface area (Å²) in [6.07, 6.45) is 3.17. The first-order chi connectivity index (χ1) is 8.28. The van der Waals surface area contributed by atoms with Crippen molar-refractivity contribution >= 4 is 22.9 Å². The molecule has 94 valence electrons. The first kappa shape index (κ1) is 11.9. The Hall–Kier alpha value is -0.160. The Kier molecular flexibility index (Phi) is 3.39. The molecule has 3 heterocycles. The minimum Gasteiger partial charge on any atom is -0.316 e. The Morgan fingerprint density at radius 1 is 1.59 bits per heavy atom. The van der Waals surface area contributed by atoms with Crippen LogP contribution in [0, 0.1) is 11.8 Å². The van der Waals surface area contributed by atoms with Crippen LogP contribution in [-0.2, 0) is 6.54 Å². The molecular weight excluding hydrogens is 254 g/mol. The Balaban J connectivity index is 1.71. The number of thiazole rings is 1. The molecule has 0 spiro atoms. The molecule has 0 radical (unpaired) electrons. The van der Waals surface area contributed by atoms with Gasteiger partial charge in [0.05, 0.1) is 0 Å². The van der Waals surface area contributed by atoms with Gasteiger partial charge in [0.2, 0.25) is 0 Å². The second kappa shape index (κ2) is 4.84. The zero-order chi connectivity index (χ0) is 11.8. The molecule has 3 atom stereocenters. The molecule has 17 heavy (non-hydrogen) atoms. The van der Waals surface area contributed by atoms with Gasteiger partial charge in [-0.3, -0.25) is 4.90 Å².